The second-order valence-corrected chi connectivity index (χ2v) is 9.63. The molecule has 0 radical (unpaired) electrons. The van der Waals surface area contributed by atoms with Crippen molar-refractivity contribution in [2.45, 2.75) is 57.5 Å². The van der Waals surface area contributed by atoms with E-state index in [1.54, 1.807) is 0 Å². The second kappa shape index (κ2) is 8.47. The third-order valence-corrected chi connectivity index (χ3v) is 7.19. The Kier molecular flexibility index (Phi) is 5.76. The molecule has 0 bridgehead atoms. The van der Waals surface area contributed by atoms with Crippen LogP contribution < -0.4 is 10.5 Å². The fourth-order valence-corrected chi connectivity index (χ4v) is 5.69. The minimum absolute atomic E-state index is 0.140. The summed E-state index contributed by atoms with van der Waals surface area (Å²) >= 11 is 0. The molecular formula is C23H30F3N5O2. The zero-order chi connectivity index (χ0) is 23.3. The maximum absolute atomic E-state index is 12.7. The van der Waals surface area contributed by atoms with E-state index >= 15 is 0 Å². The summed E-state index contributed by atoms with van der Waals surface area (Å²) in [6.45, 7) is 7.92. The van der Waals surface area contributed by atoms with E-state index in [1.807, 2.05) is 10.7 Å². The predicted molar refractivity (Wildman–Crippen MR) is 117 cm³/mol. The van der Waals surface area contributed by atoms with Crippen molar-refractivity contribution < 1.29 is 22.6 Å². The summed E-state index contributed by atoms with van der Waals surface area (Å²) in [6, 6.07) is 4.03. The smallest absolute Gasteiger partial charge is 0.402 e. The molecule has 2 aromatic rings. The molecule has 5 rings (SSSR count). The predicted octanol–water partition coefficient (Wildman–Crippen LogP) is 4.22. The zero-order valence-corrected chi connectivity index (χ0v) is 18.9. The van der Waals surface area contributed by atoms with Gasteiger partial charge in [0.2, 0.25) is 0 Å². The Bertz CT molecular complexity index is 988. The van der Waals surface area contributed by atoms with Crippen LogP contribution >= 0.6 is 0 Å². The summed E-state index contributed by atoms with van der Waals surface area (Å²) in [5.41, 5.74) is 7.79. The van der Waals surface area contributed by atoms with E-state index in [9.17, 15) is 13.2 Å². The number of fused-ring (bicyclic) bond motifs is 1. The van der Waals surface area contributed by atoms with Crippen LogP contribution in [0.2, 0.25) is 0 Å². The van der Waals surface area contributed by atoms with Crippen LogP contribution in [-0.2, 0) is 4.74 Å². The molecule has 1 saturated heterocycles. The topological polar surface area (TPSA) is 78.4 Å². The minimum Gasteiger partial charge on any atom is -0.402 e. The van der Waals surface area contributed by atoms with Crippen LogP contribution in [0.15, 0.2) is 18.3 Å². The Labute approximate surface area is 191 Å². The van der Waals surface area contributed by atoms with Crippen LogP contribution in [0.3, 0.4) is 0 Å². The molecule has 0 unspecified atom stereocenters. The van der Waals surface area contributed by atoms with Crippen LogP contribution in [0.25, 0.3) is 11.3 Å². The van der Waals surface area contributed by atoms with Gasteiger partial charge in [0.05, 0.1) is 12.3 Å². The number of nitrogens with zero attached hydrogens (tertiary/aromatic N) is 4. The van der Waals surface area contributed by atoms with Gasteiger partial charge in [0.1, 0.15) is 0 Å². The number of pyridine rings is 1. The number of nitrogens with two attached hydrogens (primary N) is 1. The Morgan fingerprint density at radius 2 is 1.91 bits per heavy atom. The highest BCUT2D eigenvalue weighted by molar-refractivity contribution is 5.64. The lowest BCUT2D eigenvalue weighted by atomic mass is 10.0. The van der Waals surface area contributed by atoms with Gasteiger partial charge in [-0.05, 0) is 57.1 Å². The monoisotopic (exact) mass is 465 g/mol. The van der Waals surface area contributed by atoms with Gasteiger partial charge in [-0.25, -0.2) is 4.98 Å². The lowest BCUT2D eigenvalue weighted by Gasteiger charge is -2.28. The van der Waals surface area contributed by atoms with E-state index in [-0.39, 0.29) is 11.9 Å². The van der Waals surface area contributed by atoms with E-state index in [0.717, 1.165) is 38.4 Å². The first-order chi connectivity index (χ1) is 15.7. The summed E-state index contributed by atoms with van der Waals surface area (Å²) in [5, 5.41) is 4.73. The number of aromatic nitrogens is 3. The van der Waals surface area contributed by atoms with Crippen LogP contribution in [0.1, 0.15) is 50.8 Å². The Morgan fingerprint density at radius 3 is 2.61 bits per heavy atom. The van der Waals surface area contributed by atoms with Gasteiger partial charge in [-0.1, -0.05) is 0 Å². The number of anilines is 1. The quantitative estimate of drug-likeness (QED) is 0.712. The number of rotatable bonds is 5. The van der Waals surface area contributed by atoms with Gasteiger partial charge in [0, 0.05) is 55.2 Å². The van der Waals surface area contributed by atoms with Gasteiger partial charge in [0.25, 0.3) is 0 Å². The average Bonchev–Trinajstić information content (AvgIpc) is 3.08. The molecule has 2 saturated carbocycles. The van der Waals surface area contributed by atoms with Crippen molar-refractivity contribution in [2.24, 2.45) is 11.8 Å². The van der Waals surface area contributed by atoms with Gasteiger partial charge in [-0.3, -0.25) is 9.58 Å². The largest absolute Gasteiger partial charge is 0.573 e. The van der Waals surface area contributed by atoms with Crippen LogP contribution in [-0.4, -0.2) is 58.4 Å². The summed E-state index contributed by atoms with van der Waals surface area (Å²) in [5.74, 6) is 0.903. The first-order valence-electron chi connectivity index (χ1n) is 11.6. The molecule has 7 nitrogen and oxygen atoms in total. The average molecular weight is 466 g/mol. The normalized spacial score (nSPS) is 28.1. The Balaban J connectivity index is 1.35. The van der Waals surface area contributed by atoms with Gasteiger partial charge < -0.3 is 15.2 Å². The number of hydrogen-bond donors (Lipinski definition) is 1. The highest BCUT2D eigenvalue weighted by atomic mass is 19.4. The highest BCUT2D eigenvalue weighted by Gasteiger charge is 2.58. The molecule has 3 aliphatic rings. The molecule has 3 heterocycles. The molecule has 0 spiro atoms. The third kappa shape index (κ3) is 4.55. The van der Waals surface area contributed by atoms with E-state index in [2.05, 4.69) is 28.5 Å². The Morgan fingerprint density at radius 1 is 1.15 bits per heavy atom. The van der Waals surface area contributed by atoms with Crippen molar-refractivity contribution in [3.05, 3.63) is 24.0 Å². The van der Waals surface area contributed by atoms with Crippen molar-refractivity contribution in [1.82, 2.24) is 19.7 Å². The highest BCUT2D eigenvalue weighted by Crippen LogP contribution is 2.64. The van der Waals surface area contributed by atoms with E-state index in [4.69, 9.17) is 15.6 Å². The summed E-state index contributed by atoms with van der Waals surface area (Å²) in [4.78, 5) is 6.49. The molecular weight excluding hydrogens is 435 g/mol. The molecule has 33 heavy (non-hydrogen) atoms. The molecule has 0 aromatic carbocycles. The van der Waals surface area contributed by atoms with E-state index in [1.165, 1.54) is 25.1 Å². The molecule has 10 heteroatoms. The number of hydrogen-bond acceptors (Lipinski definition) is 6. The first kappa shape index (κ1) is 22.5. The fourth-order valence-electron chi connectivity index (χ4n) is 5.69. The van der Waals surface area contributed by atoms with Crippen LogP contribution in [0.5, 0.6) is 5.75 Å². The Hall–Kier alpha value is -2.33. The van der Waals surface area contributed by atoms with E-state index in [0.29, 0.717) is 35.1 Å². The number of ether oxygens (including phenoxy) is 2. The number of alkyl halides is 3. The van der Waals surface area contributed by atoms with Crippen molar-refractivity contribution in [1.29, 1.82) is 0 Å². The molecule has 180 valence electrons. The molecule has 0 amide bonds. The zero-order valence-electron chi connectivity index (χ0n) is 18.9. The first-order valence-corrected chi connectivity index (χ1v) is 11.6. The second-order valence-electron chi connectivity index (χ2n) is 9.63. The maximum Gasteiger partial charge on any atom is 0.573 e. The molecule has 2 aromatic heterocycles. The SMILES string of the molecule is CC(C)n1nc(-c2cnc(N)c(OC(F)(F)F)c2)cc1[C@H]1[C@@H]2C[C@@H](N3CCCOCC3)C[C@@H]21. The van der Waals surface area contributed by atoms with Crippen molar-refractivity contribution in [2.75, 3.05) is 32.0 Å². The minimum atomic E-state index is -4.83. The fraction of sp³-hybridized carbons (Fsp3) is 0.652. The summed E-state index contributed by atoms with van der Waals surface area (Å²) in [6.07, 6.45) is 0.0647. The van der Waals surface area contributed by atoms with Crippen molar-refractivity contribution in [3.63, 3.8) is 0 Å². The lowest BCUT2D eigenvalue weighted by Crippen LogP contribution is -2.36. The van der Waals surface area contributed by atoms with Gasteiger partial charge in [-0.2, -0.15) is 5.10 Å². The van der Waals surface area contributed by atoms with Crippen molar-refractivity contribution >= 4 is 5.82 Å². The molecule has 1 aliphatic heterocycles. The summed E-state index contributed by atoms with van der Waals surface area (Å²) in [7, 11) is 0. The van der Waals surface area contributed by atoms with Crippen LogP contribution in [0, 0.1) is 11.8 Å². The maximum atomic E-state index is 12.7. The third-order valence-electron chi connectivity index (χ3n) is 7.19. The molecule has 2 N–H and O–H groups in total. The summed E-state index contributed by atoms with van der Waals surface area (Å²) < 4.78 is 49.8. The van der Waals surface area contributed by atoms with E-state index < -0.39 is 12.1 Å². The van der Waals surface area contributed by atoms with Gasteiger partial charge in [-0.15, -0.1) is 13.2 Å². The van der Waals surface area contributed by atoms with Crippen LogP contribution in [0.4, 0.5) is 19.0 Å². The lowest BCUT2D eigenvalue weighted by molar-refractivity contribution is -0.274. The molecule has 4 atom stereocenters. The standard InChI is InChI=1S/C23H30F3N5O2/c1-13(2)31-19(21-16-9-15(10-17(16)21)30-4-3-6-32-7-5-30)11-18(29-31)14-8-20(22(27)28-12-14)33-23(24,25)26/h8,11-13,15-17,21H,3-7,9-10H2,1-2H3,(H2,27,28)/t15-,16-,17+,21+. The number of halogens is 3. The molecule has 3 fully saturated rings. The van der Waals surface area contributed by atoms with Gasteiger partial charge in [0.15, 0.2) is 11.6 Å². The van der Waals surface area contributed by atoms with Gasteiger partial charge >= 0.3 is 6.36 Å². The number of nitrogen functional groups attached to an aromatic ring is 1. The van der Waals surface area contributed by atoms with Crippen molar-refractivity contribution in [3.8, 4) is 17.0 Å². The molecule has 2 aliphatic carbocycles.